The predicted molar refractivity (Wildman–Crippen MR) is 87.1 cm³/mol. The Morgan fingerprint density at radius 3 is 2.60 bits per heavy atom. The first-order valence-electron chi connectivity index (χ1n) is 6.23. The summed E-state index contributed by atoms with van der Waals surface area (Å²) in [6, 6.07) is 17.9. The molecule has 100 valence electrons. The van der Waals surface area contributed by atoms with E-state index in [4.69, 9.17) is 0 Å². The summed E-state index contributed by atoms with van der Waals surface area (Å²) in [5, 5.41) is 4.07. The fourth-order valence-corrected chi connectivity index (χ4v) is 3.21. The van der Waals surface area contributed by atoms with Crippen LogP contribution in [0.15, 0.2) is 59.1 Å². The number of hydrogen-bond acceptors (Lipinski definition) is 2. The van der Waals surface area contributed by atoms with Gasteiger partial charge in [0.2, 0.25) is 0 Å². The van der Waals surface area contributed by atoms with Gasteiger partial charge < -0.3 is 5.32 Å². The number of benzene rings is 2. The average Bonchev–Trinajstić information content (AvgIpc) is 2.90. The van der Waals surface area contributed by atoms with Crippen LogP contribution in [0.3, 0.4) is 0 Å². The van der Waals surface area contributed by atoms with Crippen LogP contribution in [0.4, 0.5) is 0 Å². The van der Waals surface area contributed by atoms with E-state index < -0.39 is 0 Å². The van der Waals surface area contributed by atoms with Crippen LogP contribution in [0.1, 0.15) is 15.2 Å². The van der Waals surface area contributed by atoms with E-state index in [0.29, 0.717) is 6.54 Å². The number of carbonyl (C=O) groups excluding carboxylic acids is 1. The zero-order valence-electron chi connectivity index (χ0n) is 10.6. The summed E-state index contributed by atoms with van der Waals surface area (Å²) in [4.78, 5) is 12.9. The second kappa shape index (κ2) is 5.77. The Morgan fingerprint density at radius 2 is 1.85 bits per heavy atom. The number of hydrogen-bond donors (Lipinski definition) is 1. The Balaban J connectivity index is 1.71. The lowest BCUT2D eigenvalue weighted by Crippen LogP contribution is -2.21. The van der Waals surface area contributed by atoms with Crippen molar-refractivity contribution < 1.29 is 4.79 Å². The third-order valence-electron chi connectivity index (χ3n) is 3.02. The van der Waals surface area contributed by atoms with E-state index in [1.165, 1.54) is 11.3 Å². The lowest BCUT2D eigenvalue weighted by Gasteiger charge is -2.03. The minimum Gasteiger partial charge on any atom is -0.347 e. The predicted octanol–water partition coefficient (Wildman–Crippen LogP) is 4.59. The summed E-state index contributed by atoms with van der Waals surface area (Å²) in [6.45, 7) is 0.542. The molecule has 1 aromatic heterocycles. The van der Waals surface area contributed by atoms with Crippen molar-refractivity contribution in [3.63, 3.8) is 0 Å². The van der Waals surface area contributed by atoms with E-state index in [2.05, 4.69) is 21.2 Å². The van der Waals surface area contributed by atoms with Crippen molar-refractivity contribution in [3.05, 3.63) is 69.5 Å². The molecule has 1 heterocycles. The normalized spacial score (nSPS) is 10.7. The maximum absolute atomic E-state index is 12.1. The van der Waals surface area contributed by atoms with Crippen LogP contribution in [0.2, 0.25) is 0 Å². The van der Waals surface area contributed by atoms with Crippen LogP contribution in [0.25, 0.3) is 10.1 Å². The van der Waals surface area contributed by atoms with Crippen molar-refractivity contribution in [2.75, 3.05) is 0 Å². The number of halogens is 1. The molecule has 2 aromatic carbocycles. The maximum atomic E-state index is 12.1. The molecular formula is C16H12BrNOS. The van der Waals surface area contributed by atoms with Crippen molar-refractivity contribution in [2.24, 2.45) is 0 Å². The Labute approximate surface area is 129 Å². The zero-order chi connectivity index (χ0) is 13.9. The molecule has 0 unspecified atom stereocenters. The van der Waals surface area contributed by atoms with Crippen LogP contribution >= 0.6 is 27.3 Å². The largest absolute Gasteiger partial charge is 0.347 e. The van der Waals surface area contributed by atoms with Gasteiger partial charge in [0.15, 0.2) is 0 Å². The zero-order valence-corrected chi connectivity index (χ0v) is 13.0. The molecule has 0 saturated heterocycles. The summed E-state index contributed by atoms with van der Waals surface area (Å²) >= 11 is 4.92. The van der Waals surface area contributed by atoms with Crippen LogP contribution in [0, 0.1) is 0 Å². The van der Waals surface area contributed by atoms with Crippen LogP contribution in [0.5, 0.6) is 0 Å². The number of carbonyl (C=O) groups is 1. The molecule has 0 aliphatic heterocycles. The summed E-state index contributed by atoms with van der Waals surface area (Å²) in [7, 11) is 0. The third-order valence-corrected chi connectivity index (χ3v) is 4.66. The highest BCUT2D eigenvalue weighted by atomic mass is 79.9. The van der Waals surface area contributed by atoms with Crippen molar-refractivity contribution in [3.8, 4) is 0 Å². The molecular weight excluding hydrogens is 334 g/mol. The molecule has 1 N–H and O–H groups in total. The van der Waals surface area contributed by atoms with Gasteiger partial charge in [0.05, 0.1) is 4.88 Å². The van der Waals surface area contributed by atoms with E-state index in [0.717, 1.165) is 25.0 Å². The number of amides is 1. The van der Waals surface area contributed by atoms with Gasteiger partial charge in [-0.3, -0.25) is 4.79 Å². The lowest BCUT2D eigenvalue weighted by molar-refractivity contribution is 0.0955. The van der Waals surface area contributed by atoms with Crippen molar-refractivity contribution >= 4 is 43.3 Å². The molecule has 0 saturated carbocycles. The fraction of sp³-hybridized carbons (Fsp3) is 0.0625. The van der Waals surface area contributed by atoms with Gasteiger partial charge in [-0.05, 0) is 35.2 Å². The topological polar surface area (TPSA) is 29.1 Å². The van der Waals surface area contributed by atoms with E-state index in [1.807, 2.05) is 54.6 Å². The van der Waals surface area contributed by atoms with Gasteiger partial charge in [0, 0.05) is 15.7 Å². The van der Waals surface area contributed by atoms with Gasteiger partial charge in [-0.1, -0.05) is 46.3 Å². The Kier molecular flexibility index (Phi) is 3.85. The fourth-order valence-electron chi connectivity index (χ4n) is 1.97. The number of thiophene rings is 1. The quantitative estimate of drug-likeness (QED) is 0.738. The molecule has 3 aromatic rings. The van der Waals surface area contributed by atoms with Crippen LogP contribution in [-0.4, -0.2) is 5.91 Å². The molecule has 0 atom stereocenters. The Bertz CT molecular complexity index is 716. The van der Waals surface area contributed by atoms with Gasteiger partial charge in [-0.25, -0.2) is 0 Å². The molecule has 2 nitrogen and oxygen atoms in total. The van der Waals surface area contributed by atoms with Gasteiger partial charge in [-0.15, -0.1) is 11.3 Å². The van der Waals surface area contributed by atoms with Gasteiger partial charge in [-0.2, -0.15) is 0 Å². The smallest absolute Gasteiger partial charge is 0.261 e. The van der Waals surface area contributed by atoms with Gasteiger partial charge in [0.1, 0.15) is 0 Å². The first kappa shape index (κ1) is 13.3. The van der Waals surface area contributed by atoms with E-state index >= 15 is 0 Å². The van der Waals surface area contributed by atoms with E-state index in [1.54, 1.807) is 0 Å². The molecule has 0 radical (unpaired) electrons. The SMILES string of the molecule is O=C(NCc1ccc(Br)cc1)c1cc2ccccc2s1. The molecule has 0 fully saturated rings. The highest BCUT2D eigenvalue weighted by molar-refractivity contribution is 9.10. The minimum atomic E-state index is -0.0193. The molecule has 0 aliphatic carbocycles. The van der Waals surface area contributed by atoms with Crippen LogP contribution < -0.4 is 5.32 Å². The summed E-state index contributed by atoms with van der Waals surface area (Å²) in [6.07, 6.45) is 0. The third kappa shape index (κ3) is 2.92. The van der Waals surface area contributed by atoms with Crippen molar-refractivity contribution in [1.82, 2.24) is 5.32 Å². The van der Waals surface area contributed by atoms with E-state index in [9.17, 15) is 4.79 Å². The standard InChI is InChI=1S/C16H12BrNOS/c17-13-7-5-11(6-8-13)10-18-16(19)15-9-12-3-1-2-4-14(12)20-15/h1-9H,10H2,(H,18,19). The molecule has 1 amide bonds. The number of fused-ring (bicyclic) bond motifs is 1. The molecule has 20 heavy (non-hydrogen) atoms. The number of rotatable bonds is 3. The highest BCUT2D eigenvalue weighted by Crippen LogP contribution is 2.25. The first-order valence-corrected chi connectivity index (χ1v) is 7.84. The molecule has 3 rings (SSSR count). The lowest BCUT2D eigenvalue weighted by atomic mass is 10.2. The minimum absolute atomic E-state index is 0.0193. The molecule has 0 bridgehead atoms. The highest BCUT2D eigenvalue weighted by Gasteiger charge is 2.09. The van der Waals surface area contributed by atoms with Crippen molar-refractivity contribution in [2.45, 2.75) is 6.54 Å². The van der Waals surface area contributed by atoms with E-state index in [-0.39, 0.29) is 5.91 Å². The maximum Gasteiger partial charge on any atom is 0.261 e. The van der Waals surface area contributed by atoms with Crippen molar-refractivity contribution in [1.29, 1.82) is 0 Å². The van der Waals surface area contributed by atoms with Gasteiger partial charge in [0.25, 0.3) is 5.91 Å². The summed E-state index contributed by atoms with van der Waals surface area (Å²) in [5.41, 5.74) is 1.09. The average molecular weight is 346 g/mol. The second-order valence-corrected chi connectivity index (χ2v) is 6.46. The van der Waals surface area contributed by atoms with Crippen LogP contribution in [-0.2, 0) is 6.54 Å². The summed E-state index contributed by atoms with van der Waals surface area (Å²) in [5.74, 6) is -0.0193. The monoisotopic (exact) mass is 345 g/mol. The first-order chi connectivity index (χ1) is 9.72. The Morgan fingerprint density at radius 1 is 1.10 bits per heavy atom. The molecule has 0 spiro atoms. The van der Waals surface area contributed by atoms with Gasteiger partial charge >= 0.3 is 0 Å². The molecule has 4 heteroatoms. The molecule has 0 aliphatic rings. The number of nitrogens with one attached hydrogen (secondary N) is 1. The second-order valence-electron chi connectivity index (χ2n) is 4.46. The summed E-state index contributed by atoms with van der Waals surface area (Å²) < 4.78 is 2.18. The Hall–Kier alpha value is -1.65.